The fraction of sp³-hybridized carbons (Fsp3) is 0.333. The number of para-hydroxylation sites is 1. The van der Waals surface area contributed by atoms with Gasteiger partial charge in [0.1, 0.15) is 23.8 Å². The van der Waals surface area contributed by atoms with Gasteiger partial charge in [0, 0.05) is 19.2 Å². The molecule has 0 saturated carbocycles. The molecule has 0 aromatic heterocycles. The predicted molar refractivity (Wildman–Crippen MR) is 93.5 cm³/mol. The number of hydrogen-bond acceptors (Lipinski definition) is 5. The van der Waals surface area contributed by atoms with Gasteiger partial charge in [-0.3, -0.25) is 0 Å². The van der Waals surface area contributed by atoms with Gasteiger partial charge < -0.3 is 25.3 Å². The Hall–Kier alpha value is -2.61. The van der Waals surface area contributed by atoms with Crippen LogP contribution < -0.4 is 20.5 Å². The number of halogens is 3. The zero-order chi connectivity index (χ0) is 19.2. The van der Waals surface area contributed by atoms with E-state index >= 15 is 0 Å². The molecule has 0 spiro atoms. The van der Waals surface area contributed by atoms with Crippen LogP contribution in [0.1, 0.15) is 11.1 Å². The summed E-state index contributed by atoms with van der Waals surface area (Å²) in [7, 11) is 2.86. The second kappa shape index (κ2) is 8.66. The molecule has 8 heteroatoms. The van der Waals surface area contributed by atoms with Crippen LogP contribution in [0.15, 0.2) is 36.4 Å². The molecule has 3 N–H and O–H groups in total. The number of nitrogens with two attached hydrogens (primary N) is 1. The monoisotopic (exact) mass is 370 g/mol. The van der Waals surface area contributed by atoms with Gasteiger partial charge in [0.2, 0.25) is 0 Å². The first-order valence-electron chi connectivity index (χ1n) is 7.85. The van der Waals surface area contributed by atoms with Crippen LogP contribution in [0.3, 0.4) is 0 Å². The third-order valence-corrected chi connectivity index (χ3v) is 3.66. The lowest BCUT2D eigenvalue weighted by Crippen LogP contribution is -2.18. The molecule has 2 aromatic rings. The van der Waals surface area contributed by atoms with Crippen LogP contribution >= 0.6 is 0 Å². The van der Waals surface area contributed by atoms with E-state index in [9.17, 15) is 13.2 Å². The first-order chi connectivity index (χ1) is 12.4. The maximum Gasteiger partial charge on any atom is 0.418 e. The van der Waals surface area contributed by atoms with Gasteiger partial charge in [-0.2, -0.15) is 13.2 Å². The minimum Gasteiger partial charge on any atom is -0.494 e. The Morgan fingerprint density at radius 2 is 1.81 bits per heavy atom. The number of anilines is 2. The van der Waals surface area contributed by atoms with Gasteiger partial charge in [0.15, 0.2) is 0 Å². The standard InChI is InChI=1S/C18H21F3N2O3/c1-24-9-8-23-17-14(25-2)10-12(15(16(17)22)18(19,20)21)11-26-13-6-4-3-5-7-13/h3-7,10,23H,8-9,11,22H2,1-2H3. The Labute approximate surface area is 149 Å². The van der Waals surface area contributed by atoms with Crippen molar-refractivity contribution in [1.82, 2.24) is 0 Å². The van der Waals surface area contributed by atoms with Crippen LogP contribution in [-0.2, 0) is 17.5 Å². The van der Waals surface area contributed by atoms with Crippen molar-refractivity contribution in [2.24, 2.45) is 0 Å². The van der Waals surface area contributed by atoms with Gasteiger partial charge in [-0.1, -0.05) is 18.2 Å². The lowest BCUT2D eigenvalue weighted by Gasteiger charge is -2.21. The fourth-order valence-corrected chi connectivity index (χ4v) is 2.48. The summed E-state index contributed by atoms with van der Waals surface area (Å²) in [5.41, 5.74) is 4.45. The molecule has 142 valence electrons. The Kier molecular flexibility index (Phi) is 6.57. The molecule has 0 amide bonds. The third-order valence-electron chi connectivity index (χ3n) is 3.66. The average molecular weight is 370 g/mol. The number of nitrogens with one attached hydrogen (secondary N) is 1. The highest BCUT2D eigenvalue weighted by Crippen LogP contribution is 2.44. The van der Waals surface area contributed by atoms with Gasteiger partial charge in [0.05, 0.1) is 25.0 Å². The van der Waals surface area contributed by atoms with Crippen LogP contribution in [0.5, 0.6) is 11.5 Å². The number of nitrogen functional groups attached to an aromatic ring is 1. The van der Waals surface area contributed by atoms with Crippen molar-refractivity contribution in [2.75, 3.05) is 38.4 Å². The molecule has 0 aliphatic carbocycles. The Morgan fingerprint density at radius 1 is 1.12 bits per heavy atom. The van der Waals surface area contributed by atoms with Gasteiger partial charge in [0.25, 0.3) is 0 Å². The van der Waals surface area contributed by atoms with Crippen molar-refractivity contribution in [3.05, 3.63) is 47.5 Å². The summed E-state index contributed by atoms with van der Waals surface area (Å²) >= 11 is 0. The molecule has 0 aliphatic rings. The smallest absolute Gasteiger partial charge is 0.418 e. The van der Waals surface area contributed by atoms with Crippen molar-refractivity contribution in [1.29, 1.82) is 0 Å². The van der Waals surface area contributed by atoms with Crippen LogP contribution in [0, 0.1) is 0 Å². The molecule has 0 heterocycles. The topological polar surface area (TPSA) is 65.7 Å². The molecule has 26 heavy (non-hydrogen) atoms. The van der Waals surface area contributed by atoms with E-state index in [2.05, 4.69) is 5.32 Å². The minimum absolute atomic E-state index is 0.0836. The second-order valence-electron chi connectivity index (χ2n) is 5.42. The molecule has 0 bridgehead atoms. The Morgan fingerprint density at radius 3 is 2.38 bits per heavy atom. The molecular formula is C18H21F3N2O3. The first-order valence-corrected chi connectivity index (χ1v) is 7.85. The van der Waals surface area contributed by atoms with Gasteiger partial charge in [-0.05, 0) is 18.2 Å². The summed E-state index contributed by atoms with van der Waals surface area (Å²) in [6, 6.07) is 9.87. The lowest BCUT2D eigenvalue weighted by molar-refractivity contribution is -0.137. The molecular weight excluding hydrogens is 349 g/mol. The fourth-order valence-electron chi connectivity index (χ4n) is 2.48. The van der Waals surface area contributed by atoms with Crippen molar-refractivity contribution in [3.63, 3.8) is 0 Å². The Bertz CT molecular complexity index is 722. The van der Waals surface area contributed by atoms with E-state index in [0.717, 1.165) is 0 Å². The van der Waals surface area contributed by atoms with Gasteiger partial charge in [-0.15, -0.1) is 0 Å². The third kappa shape index (κ3) is 4.72. The van der Waals surface area contributed by atoms with Crippen LogP contribution in [-0.4, -0.2) is 27.4 Å². The van der Waals surface area contributed by atoms with E-state index in [1.807, 2.05) is 0 Å². The molecule has 2 aromatic carbocycles. The number of methoxy groups -OCH3 is 2. The minimum atomic E-state index is -4.64. The van der Waals surface area contributed by atoms with Crippen molar-refractivity contribution in [2.45, 2.75) is 12.8 Å². The largest absolute Gasteiger partial charge is 0.494 e. The highest BCUT2D eigenvalue weighted by atomic mass is 19.4. The predicted octanol–water partition coefficient (Wildman–Crippen LogP) is 3.93. The number of rotatable bonds is 8. The maximum atomic E-state index is 13.6. The molecule has 0 fully saturated rings. The zero-order valence-corrected chi connectivity index (χ0v) is 14.5. The van der Waals surface area contributed by atoms with Crippen LogP contribution in [0.2, 0.25) is 0 Å². The lowest BCUT2D eigenvalue weighted by atomic mass is 10.0. The number of hydrogen-bond donors (Lipinski definition) is 2. The van der Waals surface area contributed by atoms with Crippen molar-refractivity contribution < 1.29 is 27.4 Å². The summed E-state index contributed by atoms with van der Waals surface area (Å²) in [4.78, 5) is 0. The summed E-state index contributed by atoms with van der Waals surface area (Å²) < 4.78 is 56.4. The van der Waals surface area contributed by atoms with Crippen molar-refractivity contribution in [3.8, 4) is 11.5 Å². The summed E-state index contributed by atoms with van der Waals surface area (Å²) in [5, 5.41) is 2.83. The number of ether oxygens (including phenoxy) is 3. The zero-order valence-electron chi connectivity index (χ0n) is 14.5. The molecule has 0 unspecified atom stereocenters. The number of benzene rings is 2. The van der Waals surface area contributed by atoms with E-state index < -0.39 is 17.4 Å². The van der Waals surface area contributed by atoms with E-state index in [1.54, 1.807) is 30.3 Å². The highest BCUT2D eigenvalue weighted by molar-refractivity contribution is 5.79. The van der Waals surface area contributed by atoms with Gasteiger partial charge >= 0.3 is 6.18 Å². The van der Waals surface area contributed by atoms with E-state index in [4.69, 9.17) is 19.9 Å². The summed E-state index contributed by atoms with van der Waals surface area (Å²) in [6.07, 6.45) is -4.64. The SMILES string of the molecule is COCCNc1c(OC)cc(COc2ccccc2)c(C(F)(F)F)c1N. The van der Waals surface area contributed by atoms with Gasteiger partial charge in [-0.25, -0.2) is 0 Å². The van der Waals surface area contributed by atoms with E-state index in [1.165, 1.54) is 20.3 Å². The molecule has 0 aliphatic heterocycles. The van der Waals surface area contributed by atoms with Crippen LogP contribution in [0.4, 0.5) is 24.5 Å². The average Bonchev–Trinajstić information content (AvgIpc) is 2.61. The molecule has 0 saturated heterocycles. The number of alkyl halides is 3. The molecule has 5 nitrogen and oxygen atoms in total. The quantitative estimate of drug-likeness (QED) is 0.544. The van der Waals surface area contributed by atoms with Crippen LogP contribution in [0.25, 0.3) is 0 Å². The summed E-state index contributed by atoms with van der Waals surface area (Å²) in [6.45, 7) is 0.300. The normalized spacial score (nSPS) is 11.3. The Balaban J connectivity index is 2.40. The van der Waals surface area contributed by atoms with Crippen molar-refractivity contribution >= 4 is 11.4 Å². The molecule has 0 atom stereocenters. The highest BCUT2D eigenvalue weighted by Gasteiger charge is 2.38. The first kappa shape index (κ1) is 19.7. The summed E-state index contributed by atoms with van der Waals surface area (Å²) in [5.74, 6) is 0.665. The van der Waals surface area contributed by atoms with E-state index in [0.29, 0.717) is 12.4 Å². The molecule has 0 radical (unpaired) electrons. The second-order valence-corrected chi connectivity index (χ2v) is 5.42. The maximum absolute atomic E-state index is 13.6. The van der Waals surface area contributed by atoms with E-state index in [-0.39, 0.29) is 30.2 Å². The molecule has 2 rings (SSSR count).